The quantitative estimate of drug-likeness (QED) is 0.640. The predicted octanol–water partition coefficient (Wildman–Crippen LogP) is 0.960. The molecule has 0 aliphatic carbocycles. The highest BCUT2D eigenvalue weighted by Gasteiger charge is 2.45. The minimum atomic E-state index is -2.87. The third-order valence-electron chi connectivity index (χ3n) is 2.90. The van der Waals surface area contributed by atoms with Crippen LogP contribution in [-0.4, -0.2) is 26.0 Å². The van der Waals surface area contributed by atoms with Crippen LogP contribution in [0.1, 0.15) is 11.5 Å². The Hall–Kier alpha value is -1.03. The molecule has 1 fully saturated rings. The molecular formula is C10H10O3S. The van der Waals surface area contributed by atoms with Gasteiger partial charge in [-0.15, -0.1) is 0 Å². The first kappa shape index (κ1) is 8.29. The maximum absolute atomic E-state index is 11.4. The van der Waals surface area contributed by atoms with Gasteiger partial charge in [-0.3, -0.25) is 0 Å². The summed E-state index contributed by atoms with van der Waals surface area (Å²) in [7, 11) is -2.87. The van der Waals surface area contributed by atoms with Crippen molar-refractivity contribution in [1.82, 2.24) is 0 Å². The molecule has 1 aromatic carbocycles. The summed E-state index contributed by atoms with van der Waals surface area (Å²) in [6.07, 6.45) is -0.141. The fourth-order valence-corrected chi connectivity index (χ4v) is 4.16. The van der Waals surface area contributed by atoms with Crippen molar-refractivity contribution < 1.29 is 13.2 Å². The highest BCUT2D eigenvalue weighted by Crippen LogP contribution is 2.42. The average Bonchev–Trinajstić information content (AvgIpc) is 2.56. The number of fused-ring (bicyclic) bond motifs is 3. The first-order valence-corrected chi connectivity index (χ1v) is 6.44. The molecule has 4 heteroatoms. The van der Waals surface area contributed by atoms with Gasteiger partial charge in [-0.1, -0.05) is 18.2 Å². The summed E-state index contributed by atoms with van der Waals surface area (Å²) in [5.41, 5.74) is 1.05. The van der Waals surface area contributed by atoms with Crippen LogP contribution in [0.2, 0.25) is 0 Å². The van der Waals surface area contributed by atoms with Crippen LogP contribution in [0.5, 0.6) is 5.75 Å². The van der Waals surface area contributed by atoms with Gasteiger partial charge in [0.1, 0.15) is 11.9 Å². The summed E-state index contributed by atoms with van der Waals surface area (Å²) in [4.78, 5) is 0. The van der Waals surface area contributed by atoms with Gasteiger partial charge >= 0.3 is 0 Å². The molecule has 2 heterocycles. The Balaban J connectivity index is 2.08. The lowest BCUT2D eigenvalue weighted by molar-refractivity contribution is 0.245. The van der Waals surface area contributed by atoms with Crippen LogP contribution in [-0.2, 0) is 9.84 Å². The number of ether oxygens (including phenoxy) is 1. The van der Waals surface area contributed by atoms with E-state index in [1.165, 1.54) is 0 Å². The second-order valence-electron chi connectivity index (χ2n) is 3.88. The lowest BCUT2D eigenvalue weighted by atomic mass is 9.99. The number of rotatable bonds is 0. The minimum absolute atomic E-state index is 0.0659. The highest BCUT2D eigenvalue weighted by atomic mass is 32.2. The number of hydrogen-bond donors (Lipinski definition) is 0. The van der Waals surface area contributed by atoms with Crippen molar-refractivity contribution in [1.29, 1.82) is 0 Å². The van der Waals surface area contributed by atoms with Gasteiger partial charge in [0.15, 0.2) is 9.84 Å². The zero-order chi connectivity index (χ0) is 9.76. The van der Waals surface area contributed by atoms with E-state index in [1.807, 2.05) is 24.3 Å². The summed E-state index contributed by atoms with van der Waals surface area (Å²) in [5, 5.41) is 0. The van der Waals surface area contributed by atoms with Gasteiger partial charge in [0.2, 0.25) is 0 Å². The number of sulfone groups is 1. The summed E-state index contributed by atoms with van der Waals surface area (Å²) in [5.74, 6) is 1.34. The van der Waals surface area contributed by atoms with Crippen LogP contribution in [0.25, 0.3) is 0 Å². The summed E-state index contributed by atoms with van der Waals surface area (Å²) >= 11 is 0. The standard InChI is InChI=1S/C10H10O3S/c11-14(12)5-8-7-3-1-2-4-9(7)13-10(8)6-14/h1-4,8,10H,5-6H2. The van der Waals surface area contributed by atoms with Crippen molar-refractivity contribution in [3.05, 3.63) is 29.8 Å². The summed E-state index contributed by atoms with van der Waals surface area (Å²) in [6, 6.07) is 7.70. The fraction of sp³-hybridized carbons (Fsp3) is 0.400. The monoisotopic (exact) mass is 210 g/mol. The zero-order valence-corrected chi connectivity index (χ0v) is 8.33. The molecule has 1 saturated heterocycles. The third kappa shape index (κ3) is 1.07. The molecule has 0 N–H and O–H groups in total. The molecule has 74 valence electrons. The molecule has 0 aromatic heterocycles. The topological polar surface area (TPSA) is 43.4 Å². The molecule has 0 spiro atoms. The van der Waals surface area contributed by atoms with E-state index in [1.54, 1.807) is 0 Å². The second-order valence-corrected chi connectivity index (χ2v) is 6.03. The maximum atomic E-state index is 11.4. The molecule has 14 heavy (non-hydrogen) atoms. The molecule has 1 aromatic rings. The van der Waals surface area contributed by atoms with E-state index in [0.29, 0.717) is 0 Å². The number of benzene rings is 1. The van der Waals surface area contributed by atoms with Crippen molar-refractivity contribution in [2.24, 2.45) is 0 Å². The largest absolute Gasteiger partial charge is 0.488 e. The Morgan fingerprint density at radius 2 is 2.00 bits per heavy atom. The van der Waals surface area contributed by atoms with Gasteiger partial charge in [-0.25, -0.2) is 8.42 Å². The molecule has 2 unspecified atom stereocenters. The molecule has 2 atom stereocenters. The molecule has 2 aliphatic rings. The molecule has 2 aliphatic heterocycles. The lowest BCUT2D eigenvalue weighted by Crippen LogP contribution is -2.17. The van der Waals surface area contributed by atoms with Crippen molar-refractivity contribution in [2.75, 3.05) is 11.5 Å². The Kier molecular flexibility index (Phi) is 1.49. The van der Waals surface area contributed by atoms with E-state index in [0.717, 1.165) is 11.3 Å². The molecule has 0 bridgehead atoms. The van der Waals surface area contributed by atoms with Gasteiger partial charge in [-0.2, -0.15) is 0 Å². The minimum Gasteiger partial charge on any atom is -0.488 e. The van der Waals surface area contributed by atoms with E-state index >= 15 is 0 Å². The van der Waals surface area contributed by atoms with Crippen molar-refractivity contribution in [3.63, 3.8) is 0 Å². The highest BCUT2D eigenvalue weighted by molar-refractivity contribution is 7.91. The smallest absolute Gasteiger partial charge is 0.154 e. The molecule has 3 rings (SSSR count). The first-order chi connectivity index (χ1) is 6.66. The van der Waals surface area contributed by atoms with E-state index in [9.17, 15) is 8.42 Å². The molecular weight excluding hydrogens is 200 g/mol. The third-order valence-corrected chi connectivity index (χ3v) is 4.60. The normalized spacial score (nSPS) is 32.0. The SMILES string of the molecule is O=S1(=O)CC2Oc3ccccc3C2C1. The first-order valence-electron chi connectivity index (χ1n) is 4.62. The van der Waals surface area contributed by atoms with E-state index < -0.39 is 9.84 Å². The maximum Gasteiger partial charge on any atom is 0.154 e. The average molecular weight is 210 g/mol. The van der Waals surface area contributed by atoms with Crippen LogP contribution in [0.4, 0.5) is 0 Å². The van der Waals surface area contributed by atoms with E-state index in [4.69, 9.17) is 4.74 Å². The van der Waals surface area contributed by atoms with Crippen LogP contribution < -0.4 is 4.74 Å². The molecule has 3 nitrogen and oxygen atoms in total. The Morgan fingerprint density at radius 1 is 1.21 bits per heavy atom. The molecule has 0 amide bonds. The van der Waals surface area contributed by atoms with E-state index in [2.05, 4.69) is 0 Å². The lowest BCUT2D eigenvalue weighted by Gasteiger charge is -2.04. The zero-order valence-electron chi connectivity index (χ0n) is 7.51. The number of para-hydroxylation sites is 1. The Labute approximate surface area is 82.6 Å². The number of hydrogen-bond acceptors (Lipinski definition) is 3. The summed E-state index contributed by atoms with van der Waals surface area (Å²) in [6.45, 7) is 0. The Morgan fingerprint density at radius 3 is 2.86 bits per heavy atom. The van der Waals surface area contributed by atoms with Gasteiger partial charge in [0.05, 0.1) is 11.5 Å². The van der Waals surface area contributed by atoms with Crippen LogP contribution in [0.15, 0.2) is 24.3 Å². The fourth-order valence-electron chi connectivity index (χ4n) is 2.28. The van der Waals surface area contributed by atoms with Crippen LogP contribution in [0.3, 0.4) is 0 Å². The van der Waals surface area contributed by atoms with Gasteiger partial charge in [0.25, 0.3) is 0 Å². The van der Waals surface area contributed by atoms with Gasteiger partial charge in [0, 0.05) is 11.5 Å². The van der Waals surface area contributed by atoms with Crippen LogP contribution >= 0.6 is 0 Å². The summed E-state index contributed by atoms with van der Waals surface area (Å²) < 4.78 is 28.3. The van der Waals surface area contributed by atoms with Crippen molar-refractivity contribution in [2.45, 2.75) is 12.0 Å². The molecule has 0 radical (unpaired) electrons. The predicted molar refractivity (Wildman–Crippen MR) is 52.3 cm³/mol. The van der Waals surface area contributed by atoms with Crippen molar-refractivity contribution in [3.8, 4) is 5.75 Å². The van der Waals surface area contributed by atoms with E-state index in [-0.39, 0.29) is 23.5 Å². The second kappa shape index (κ2) is 2.51. The van der Waals surface area contributed by atoms with Gasteiger partial charge in [-0.05, 0) is 6.07 Å². The van der Waals surface area contributed by atoms with Gasteiger partial charge < -0.3 is 4.74 Å². The van der Waals surface area contributed by atoms with Crippen molar-refractivity contribution >= 4 is 9.84 Å². The van der Waals surface area contributed by atoms with Crippen LogP contribution in [0, 0.1) is 0 Å². The molecule has 0 saturated carbocycles. The Bertz CT molecular complexity index is 478.